The summed E-state index contributed by atoms with van der Waals surface area (Å²) in [6.45, 7) is 8.03. The summed E-state index contributed by atoms with van der Waals surface area (Å²) in [5, 5.41) is 2.95. The van der Waals surface area contributed by atoms with Gasteiger partial charge in [-0.25, -0.2) is 0 Å². The minimum Gasteiger partial charge on any atom is -0.380 e. The Hall–Kier alpha value is -1.10. The standard InChI is InChI=1S/C15H26N2O3/c1-6-14(3)13(19)17(9-10(2)20-5)15(4,11-7-8-11)12(18)16-14/h10-11H,6-9H2,1-5H3,(H,16,18). The molecule has 1 N–H and O–H groups in total. The lowest BCUT2D eigenvalue weighted by Gasteiger charge is -2.51. The fraction of sp³-hybridized carbons (Fsp3) is 0.867. The van der Waals surface area contributed by atoms with Gasteiger partial charge in [0.05, 0.1) is 6.10 Å². The quantitative estimate of drug-likeness (QED) is 0.827. The SMILES string of the molecule is CCC1(C)NC(=O)C(C)(C2CC2)N(CC(C)OC)C1=O. The van der Waals surface area contributed by atoms with E-state index in [-0.39, 0.29) is 23.8 Å². The van der Waals surface area contributed by atoms with E-state index < -0.39 is 11.1 Å². The van der Waals surface area contributed by atoms with Crippen molar-refractivity contribution in [2.75, 3.05) is 13.7 Å². The Labute approximate surface area is 121 Å². The molecule has 0 spiro atoms. The highest BCUT2D eigenvalue weighted by atomic mass is 16.5. The number of carbonyl (C=O) groups is 2. The van der Waals surface area contributed by atoms with Crippen LogP contribution in [0.25, 0.3) is 0 Å². The molecule has 114 valence electrons. The van der Waals surface area contributed by atoms with Crippen molar-refractivity contribution in [3.63, 3.8) is 0 Å². The third-order valence-corrected chi connectivity index (χ3v) is 5.05. The van der Waals surface area contributed by atoms with Gasteiger partial charge >= 0.3 is 0 Å². The molecule has 3 atom stereocenters. The molecule has 0 radical (unpaired) electrons. The van der Waals surface area contributed by atoms with Crippen LogP contribution in [0.2, 0.25) is 0 Å². The van der Waals surface area contributed by atoms with Crippen molar-refractivity contribution in [3.05, 3.63) is 0 Å². The maximum absolute atomic E-state index is 12.9. The van der Waals surface area contributed by atoms with Gasteiger partial charge in [-0.1, -0.05) is 6.92 Å². The minimum atomic E-state index is -0.793. The van der Waals surface area contributed by atoms with Crippen LogP contribution in [0, 0.1) is 5.92 Å². The summed E-state index contributed by atoms with van der Waals surface area (Å²) >= 11 is 0. The Morgan fingerprint density at radius 1 is 1.40 bits per heavy atom. The number of ether oxygens (including phenoxy) is 1. The van der Waals surface area contributed by atoms with Gasteiger partial charge in [-0.2, -0.15) is 0 Å². The van der Waals surface area contributed by atoms with E-state index in [1.165, 1.54) is 0 Å². The number of nitrogens with one attached hydrogen (secondary N) is 1. The summed E-state index contributed by atoms with van der Waals surface area (Å²) in [5.74, 6) is 0.266. The second-order valence-electron chi connectivity index (χ2n) is 6.52. The molecular formula is C15H26N2O3. The number of rotatable bonds is 5. The fourth-order valence-corrected chi connectivity index (χ4v) is 2.96. The van der Waals surface area contributed by atoms with Gasteiger partial charge in [0.1, 0.15) is 11.1 Å². The molecule has 5 nitrogen and oxygen atoms in total. The van der Waals surface area contributed by atoms with Gasteiger partial charge < -0.3 is 15.0 Å². The largest absolute Gasteiger partial charge is 0.380 e. The molecule has 0 aromatic carbocycles. The second kappa shape index (κ2) is 5.02. The lowest BCUT2D eigenvalue weighted by Crippen LogP contribution is -2.75. The molecule has 2 rings (SSSR count). The summed E-state index contributed by atoms with van der Waals surface area (Å²) in [4.78, 5) is 27.3. The normalized spacial score (nSPS) is 36.0. The van der Waals surface area contributed by atoms with Gasteiger partial charge in [0, 0.05) is 13.7 Å². The van der Waals surface area contributed by atoms with E-state index in [1.807, 2.05) is 27.7 Å². The summed E-state index contributed by atoms with van der Waals surface area (Å²) in [6, 6.07) is 0. The third kappa shape index (κ3) is 2.22. The smallest absolute Gasteiger partial charge is 0.249 e. The molecule has 2 fully saturated rings. The van der Waals surface area contributed by atoms with E-state index in [2.05, 4.69) is 5.32 Å². The van der Waals surface area contributed by atoms with Gasteiger partial charge in [0.15, 0.2) is 0 Å². The van der Waals surface area contributed by atoms with E-state index in [0.29, 0.717) is 13.0 Å². The van der Waals surface area contributed by atoms with Gasteiger partial charge in [-0.15, -0.1) is 0 Å². The highest BCUT2D eigenvalue weighted by Crippen LogP contribution is 2.46. The predicted octanol–water partition coefficient (Wildman–Crippen LogP) is 1.32. The first-order valence-corrected chi connectivity index (χ1v) is 7.47. The first-order valence-electron chi connectivity index (χ1n) is 7.47. The molecular weight excluding hydrogens is 256 g/mol. The van der Waals surface area contributed by atoms with E-state index in [9.17, 15) is 9.59 Å². The highest BCUT2D eigenvalue weighted by Gasteiger charge is 2.59. The predicted molar refractivity (Wildman–Crippen MR) is 76.2 cm³/mol. The van der Waals surface area contributed by atoms with Gasteiger partial charge in [-0.05, 0) is 46.0 Å². The number of piperazine rings is 1. The summed E-state index contributed by atoms with van der Waals surface area (Å²) in [5.41, 5.74) is -1.52. The Bertz CT molecular complexity index is 421. The summed E-state index contributed by atoms with van der Waals surface area (Å²) in [7, 11) is 1.63. The maximum atomic E-state index is 12.9. The Kier molecular flexibility index (Phi) is 3.84. The highest BCUT2D eigenvalue weighted by molar-refractivity contribution is 6.02. The van der Waals surface area contributed by atoms with Gasteiger partial charge in [0.25, 0.3) is 0 Å². The van der Waals surface area contributed by atoms with Crippen molar-refractivity contribution in [3.8, 4) is 0 Å². The maximum Gasteiger partial charge on any atom is 0.249 e. The number of amides is 2. The Morgan fingerprint density at radius 2 is 2.00 bits per heavy atom. The van der Waals surface area contributed by atoms with Gasteiger partial charge in [0.2, 0.25) is 11.8 Å². The molecule has 1 heterocycles. The lowest BCUT2D eigenvalue weighted by molar-refractivity contribution is -0.165. The van der Waals surface area contributed by atoms with Crippen molar-refractivity contribution >= 4 is 11.8 Å². The molecule has 20 heavy (non-hydrogen) atoms. The Balaban J connectivity index is 2.36. The number of carbonyl (C=O) groups excluding carboxylic acids is 2. The van der Waals surface area contributed by atoms with Crippen LogP contribution in [0.4, 0.5) is 0 Å². The zero-order valence-corrected chi connectivity index (χ0v) is 13.2. The molecule has 0 bridgehead atoms. The van der Waals surface area contributed by atoms with Crippen molar-refractivity contribution in [1.82, 2.24) is 10.2 Å². The van der Waals surface area contributed by atoms with Crippen LogP contribution < -0.4 is 5.32 Å². The fourth-order valence-electron chi connectivity index (χ4n) is 2.96. The summed E-state index contributed by atoms with van der Waals surface area (Å²) in [6.07, 6.45) is 2.54. The van der Waals surface area contributed by atoms with Crippen LogP contribution in [-0.2, 0) is 14.3 Å². The molecule has 1 aliphatic carbocycles. The second-order valence-corrected chi connectivity index (χ2v) is 6.52. The van der Waals surface area contributed by atoms with E-state index in [1.54, 1.807) is 12.0 Å². The monoisotopic (exact) mass is 282 g/mol. The summed E-state index contributed by atoms with van der Waals surface area (Å²) < 4.78 is 5.31. The van der Waals surface area contributed by atoms with Crippen LogP contribution in [0.5, 0.6) is 0 Å². The van der Waals surface area contributed by atoms with Crippen molar-refractivity contribution in [2.24, 2.45) is 5.92 Å². The topological polar surface area (TPSA) is 58.6 Å². The molecule has 1 aliphatic heterocycles. The van der Waals surface area contributed by atoms with E-state index in [0.717, 1.165) is 12.8 Å². The number of methoxy groups -OCH3 is 1. The molecule has 0 aromatic heterocycles. The molecule has 1 saturated carbocycles. The molecule has 2 amide bonds. The van der Waals surface area contributed by atoms with Crippen LogP contribution in [0.1, 0.15) is 47.0 Å². The van der Waals surface area contributed by atoms with E-state index in [4.69, 9.17) is 4.74 Å². The third-order valence-electron chi connectivity index (χ3n) is 5.05. The van der Waals surface area contributed by atoms with Crippen molar-refractivity contribution in [1.29, 1.82) is 0 Å². The first kappa shape index (κ1) is 15.3. The zero-order chi connectivity index (χ0) is 15.1. The molecule has 2 aliphatic rings. The van der Waals surface area contributed by atoms with Crippen molar-refractivity contribution in [2.45, 2.75) is 64.1 Å². The Morgan fingerprint density at radius 3 is 2.45 bits per heavy atom. The molecule has 1 saturated heterocycles. The first-order chi connectivity index (χ1) is 9.29. The average Bonchev–Trinajstić information content (AvgIpc) is 3.25. The molecule has 0 aromatic rings. The zero-order valence-electron chi connectivity index (χ0n) is 13.2. The minimum absolute atomic E-state index is 0.0119. The van der Waals surface area contributed by atoms with E-state index >= 15 is 0 Å². The van der Waals surface area contributed by atoms with Crippen LogP contribution in [0.3, 0.4) is 0 Å². The molecule has 5 heteroatoms. The van der Waals surface area contributed by atoms with Crippen LogP contribution in [-0.4, -0.2) is 47.6 Å². The van der Waals surface area contributed by atoms with Crippen molar-refractivity contribution < 1.29 is 14.3 Å². The lowest BCUT2D eigenvalue weighted by atomic mass is 9.82. The molecule has 3 unspecified atom stereocenters. The number of hydrogen-bond acceptors (Lipinski definition) is 3. The van der Waals surface area contributed by atoms with Gasteiger partial charge in [-0.3, -0.25) is 9.59 Å². The average molecular weight is 282 g/mol. The van der Waals surface area contributed by atoms with Crippen LogP contribution >= 0.6 is 0 Å². The van der Waals surface area contributed by atoms with Crippen LogP contribution in [0.15, 0.2) is 0 Å². The number of hydrogen-bond donors (Lipinski definition) is 1. The number of nitrogens with zero attached hydrogens (tertiary/aromatic N) is 1.